The highest BCUT2D eigenvalue weighted by Gasteiger charge is 2.14. The molecule has 0 aliphatic heterocycles. The fourth-order valence-corrected chi connectivity index (χ4v) is 2.48. The van der Waals surface area contributed by atoms with E-state index in [-0.39, 0.29) is 28.4 Å². The number of carbonyl (C=O) groups is 2. The molecule has 0 aliphatic carbocycles. The van der Waals surface area contributed by atoms with Gasteiger partial charge in [-0.3, -0.25) is 35.9 Å². The predicted molar refractivity (Wildman–Crippen MR) is 115 cm³/mol. The van der Waals surface area contributed by atoms with Crippen molar-refractivity contribution in [1.29, 1.82) is 0 Å². The standard InChI is InChI=1S/C20H22N4O5S/c1-20(2,3)14-6-10-16(11-7-14)29-12-17(25)21-19(30)23-22-18(26)13-4-8-15(9-5-13)24(27)28/h4-11H,12H2,1-3H3,(H,22,26)(H2,21,23,25,30). The molecule has 3 N–H and O–H groups in total. The maximum absolute atomic E-state index is 12.0. The van der Waals surface area contributed by atoms with Crippen LogP contribution in [0, 0.1) is 10.1 Å². The van der Waals surface area contributed by atoms with Crippen molar-refractivity contribution < 1.29 is 19.2 Å². The Labute approximate surface area is 178 Å². The summed E-state index contributed by atoms with van der Waals surface area (Å²) < 4.78 is 5.42. The third-order valence-electron chi connectivity index (χ3n) is 3.97. The molecular weight excluding hydrogens is 408 g/mol. The van der Waals surface area contributed by atoms with E-state index in [1.807, 2.05) is 12.1 Å². The van der Waals surface area contributed by atoms with Crippen LogP contribution in [0.3, 0.4) is 0 Å². The van der Waals surface area contributed by atoms with E-state index in [4.69, 9.17) is 17.0 Å². The van der Waals surface area contributed by atoms with Crippen LogP contribution in [-0.4, -0.2) is 28.5 Å². The number of rotatable bonds is 5. The molecule has 0 saturated heterocycles. The average molecular weight is 430 g/mol. The molecule has 0 saturated carbocycles. The van der Waals surface area contributed by atoms with Gasteiger partial charge in [0, 0.05) is 17.7 Å². The quantitative estimate of drug-likeness (QED) is 0.378. The molecule has 10 heteroatoms. The van der Waals surface area contributed by atoms with Crippen molar-refractivity contribution in [3.05, 3.63) is 69.8 Å². The van der Waals surface area contributed by atoms with Crippen molar-refractivity contribution in [2.45, 2.75) is 26.2 Å². The lowest BCUT2D eigenvalue weighted by Crippen LogP contribution is -2.49. The van der Waals surface area contributed by atoms with Crippen LogP contribution in [0.15, 0.2) is 48.5 Å². The SMILES string of the molecule is CC(C)(C)c1ccc(OCC(=O)NC(=S)NNC(=O)c2ccc([N+](=O)[O-])cc2)cc1. The van der Waals surface area contributed by atoms with E-state index in [2.05, 4.69) is 36.9 Å². The normalized spacial score (nSPS) is 10.6. The van der Waals surface area contributed by atoms with Crippen LogP contribution in [0.25, 0.3) is 0 Å². The number of nitro groups is 1. The molecule has 0 fully saturated rings. The predicted octanol–water partition coefficient (Wildman–Crippen LogP) is 2.61. The monoisotopic (exact) mass is 430 g/mol. The highest BCUT2D eigenvalue weighted by molar-refractivity contribution is 7.80. The summed E-state index contributed by atoms with van der Waals surface area (Å²) >= 11 is 4.94. The molecule has 30 heavy (non-hydrogen) atoms. The zero-order valence-electron chi connectivity index (χ0n) is 16.7. The molecule has 0 aromatic heterocycles. The van der Waals surface area contributed by atoms with Crippen LogP contribution in [0.5, 0.6) is 5.75 Å². The summed E-state index contributed by atoms with van der Waals surface area (Å²) in [4.78, 5) is 34.0. The number of nitrogens with one attached hydrogen (secondary N) is 3. The summed E-state index contributed by atoms with van der Waals surface area (Å²) in [6, 6.07) is 12.5. The zero-order chi connectivity index (χ0) is 22.3. The van der Waals surface area contributed by atoms with Gasteiger partial charge in [-0.15, -0.1) is 0 Å². The number of hydrogen-bond acceptors (Lipinski definition) is 6. The summed E-state index contributed by atoms with van der Waals surface area (Å²) in [7, 11) is 0. The molecule has 0 spiro atoms. The minimum atomic E-state index is -0.573. The first-order valence-electron chi connectivity index (χ1n) is 8.94. The van der Waals surface area contributed by atoms with Gasteiger partial charge in [0.05, 0.1) is 4.92 Å². The summed E-state index contributed by atoms with van der Waals surface area (Å²) in [6.45, 7) is 6.05. The highest BCUT2D eigenvalue weighted by atomic mass is 32.1. The number of hydrazine groups is 1. The first kappa shape index (κ1) is 22.8. The van der Waals surface area contributed by atoms with Crippen LogP contribution < -0.4 is 20.9 Å². The second kappa shape index (κ2) is 9.79. The number of nitrogens with zero attached hydrogens (tertiary/aromatic N) is 1. The third-order valence-corrected chi connectivity index (χ3v) is 4.18. The van der Waals surface area contributed by atoms with Crippen LogP contribution >= 0.6 is 12.2 Å². The van der Waals surface area contributed by atoms with E-state index < -0.39 is 16.7 Å². The Morgan fingerprint density at radius 3 is 2.17 bits per heavy atom. The van der Waals surface area contributed by atoms with Gasteiger partial charge < -0.3 is 4.74 Å². The molecule has 2 aromatic rings. The smallest absolute Gasteiger partial charge is 0.269 e. The Morgan fingerprint density at radius 2 is 1.63 bits per heavy atom. The van der Waals surface area contributed by atoms with E-state index in [1.54, 1.807) is 12.1 Å². The number of hydrogen-bond donors (Lipinski definition) is 3. The minimum Gasteiger partial charge on any atom is -0.484 e. The summed E-state index contributed by atoms with van der Waals surface area (Å²) in [5, 5.41) is 12.9. The lowest BCUT2D eigenvalue weighted by Gasteiger charge is -2.19. The summed E-state index contributed by atoms with van der Waals surface area (Å²) in [6.07, 6.45) is 0. The van der Waals surface area contributed by atoms with E-state index in [0.29, 0.717) is 5.75 Å². The van der Waals surface area contributed by atoms with E-state index in [9.17, 15) is 19.7 Å². The summed E-state index contributed by atoms with van der Waals surface area (Å²) in [5.41, 5.74) is 5.90. The maximum Gasteiger partial charge on any atom is 0.269 e. The molecule has 0 radical (unpaired) electrons. The van der Waals surface area contributed by atoms with Gasteiger partial charge in [0.2, 0.25) is 0 Å². The number of ether oxygens (including phenoxy) is 1. The second-order valence-electron chi connectivity index (χ2n) is 7.32. The second-order valence-corrected chi connectivity index (χ2v) is 7.73. The molecule has 2 aromatic carbocycles. The summed E-state index contributed by atoms with van der Waals surface area (Å²) in [5.74, 6) is -0.530. The maximum atomic E-state index is 12.0. The largest absolute Gasteiger partial charge is 0.484 e. The lowest BCUT2D eigenvalue weighted by atomic mass is 9.87. The van der Waals surface area contributed by atoms with Crippen molar-refractivity contribution in [3.63, 3.8) is 0 Å². The molecular formula is C20H22N4O5S. The zero-order valence-corrected chi connectivity index (χ0v) is 17.5. The minimum absolute atomic E-state index is 0.0205. The third kappa shape index (κ3) is 6.82. The molecule has 2 amide bonds. The van der Waals surface area contributed by atoms with Crippen LogP contribution in [0.2, 0.25) is 0 Å². The van der Waals surface area contributed by atoms with Gasteiger partial charge in [-0.2, -0.15) is 0 Å². The van der Waals surface area contributed by atoms with E-state index in [1.165, 1.54) is 24.3 Å². The number of carbonyl (C=O) groups excluding carboxylic acids is 2. The molecule has 0 heterocycles. The van der Waals surface area contributed by atoms with Gasteiger partial charge in [-0.25, -0.2) is 0 Å². The van der Waals surface area contributed by atoms with Crippen molar-refractivity contribution in [3.8, 4) is 5.75 Å². The highest BCUT2D eigenvalue weighted by Crippen LogP contribution is 2.24. The van der Waals surface area contributed by atoms with Gasteiger partial charge in [0.25, 0.3) is 17.5 Å². The van der Waals surface area contributed by atoms with Crippen molar-refractivity contribution in [1.82, 2.24) is 16.2 Å². The Hall–Kier alpha value is -3.53. The van der Waals surface area contributed by atoms with E-state index >= 15 is 0 Å². The van der Waals surface area contributed by atoms with Gasteiger partial charge in [0.15, 0.2) is 11.7 Å². The molecule has 158 valence electrons. The molecule has 0 unspecified atom stereocenters. The van der Waals surface area contributed by atoms with E-state index in [0.717, 1.165) is 5.56 Å². The first-order valence-corrected chi connectivity index (χ1v) is 9.35. The molecule has 0 atom stereocenters. The van der Waals surface area contributed by atoms with Gasteiger partial charge >= 0.3 is 0 Å². The number of nitro benzene ring substituents is 1. The first-order chi connectivity index (χ1) is 14.1. The molecule has 0 aliphatic rings. The van der Waals surface area contributed by atoms with Crippen molar-refractivity contribution in [2.75, 3.05) is 6.61 Å². The number of non-ortho nitro benzene ring substituents is 1. The number of thiocarbonyl (C=S) groups is 1. The fourth-order valence-electron chi connectivity index (χ4n) is 2.31. The Bertz CT molecular complexity index is 937. The molecule has 2 rings (SSSR count). The van der Waals surface area contributed by atoms with Crippen LogP contribution in [0.1, 0.15) is 36.7 Å². The van der Waals surface area contributed by atoms with Crippen LogP contribution in [0.4, 0.5) is 5.69 Å². The molecule has 0 bridgehead atoms. The Morgan fingerprint density at radius 1 is 1.03 bits per heavy atom. The van der Waals surface area contributed by atoms with Gasteiger partial charge in [-0.05, 0) is 47.5 Å². The Kier molecular flexibility index (Phi) is 7.43. The average Bonchev–Trinajstić information content (AvgIpc) is 2.70. The number of amides is 2. The molecule has 9 nitrogen and oxygen atoms in total. The van der Waals surface area contributed by atoms with Gasteiger partial charge in [-0.1, -0.05) is 32.9 Å². The van der Waals surface area contributed by atoms with Gasteiger partial charge in [0.1, 0.15) is 5.75 Å². The van der Waals surface area contributed by atoms with Crippen molar-refractivity contribution in [2.24, 2.45) is 0 Å². The fraction of sp³-hybridized carbons (Fsp3) is 0.250. The topological polar surface area (TPSA) is 123 Å². The lowest BCUT2D eigenvalue weighted by molar-refractivity contribution is -0.384. The Balaban J connectivity index is 1.75. The van der Waals surface area contributed by atoms with Crippen LogP contribution in [-0.2, 0) is 10.2 Å². The number of benzene rings is 2. The van der Waals surface area contributed by atoms with Crippen molar-refractivity contribution >= 4 is 34.8 Å².